The van der Waals surface area contributed by atoms with Crippen LogP contribution in [-0.2, 0) is 9.53 Å². The quantitative estimate of drug-likeness (QED) is 0.297. The van der Waals surface area contributed by atoms with Crippen molar-refractivity contribution in [3.63, 3.8) is 0 Å². The van der Waals surface area contributed by atoms with Crippen LogP contribution in [0, 0.1) is 5.82 Å². The molecular weight excluding hydrogens is 512 g/mol. The molecule has 0 saturated carbocycles. The molecule has 2 heterocycles. The van der Waals surface area contributed by atoms with Crippen molar-refractivity contribution in [3.8, 4) is 0 Å². The van der Waals surface area contributed by atoms with Gasteiger partial charge in [0, 0.05) is 44.2 Å². The van der Waals surface area contributed by atoms with Gasteiger partial charge >= 0.3 is 18.1 Å². The van der Waals surface area contributed by atoms with Crippen molar-refractivity contribution in [2.24, 2.45) is 4.99 Å². The fourth-order valence-electron chi connectivity index (χ4n) is 3.85. The number of guanidine groups is 1. The van der Waals surface area contributed by atoms with Crippen LogP contribution in [0.1, 0.15) is 23.2 Å². The van der Waals surface area contributed by atoms with Gasteiger partial charge in [0.25, 0.3) is 0 Å². The lowest BCUT2D eigenvalue weighted by molar-refractivity contribution is -0.192. The average Bonchev–Trinajstić information content (AvgIpc) is 3.41. The number of piperazine rings is 1. The van der Waals surface area contributed by atoms with Crippen LogP contribution in [-0.4, -0.2) is 84.6 Å². The molecule has 0 amide bonds. The Morgan fingerprint density at radius 2 is 1.61 bits per heavy atom. The zero-order valence-corrected chi connectivity index (χ0v) is 20.3. The lowest BCUT2D eigenvalue weighted by Crippen LogP contribution is -2.51. The normalized spacial score (nSPS) is 18.0. The number of aliphatic carboxylic acids is 1. The van der Waals surface area contributed by atoms with E-state index in [1.807, 2.05) is 0 Å². The van der Waals surface area contributed by atoms with Gasteiger partial charge in [0.05, 0.1) is 18.2 Å². The molecule has 38 heavy (non-hydrogen) atoms. The maximum absolute atomic E-state index is 13.2. The molecule has 2 saturated heterocycles. The largest absolute Gasteiger partial charge is 0.490 e. The Morgan fingerprint density at radius 1 is 1.00 bits per heavy atom. The topological polar surface area (TPSA) is 115 Å². The lowest BCUT2D eigenvalue weighted by atomic mass is 10.2. The molecule has 0 aliphatic carbocycles. The molecule has 1 atom stereocenters. The van der Waals surface area contributed by atoms with Crippen molar-refractivity contribution in [1.82, 2.24) is 4.90 Å². The maximum atomic E-state index is 13.2. The number of aliphatic imine (C=N–C) groups is 1. The van der Waals surface area contributed by atoms with Gasteiger partial charge in [-0.2, -0.15) is 13.2 Å². The van der Waals surface area contributed by atoms with E-state index in [0.29, 0.717) is 6.54 Å². The number of anilines is 2. The molecule has 2 aliphatic rings. The fraction of sp³-hybridized carbons (Fsp3) is 0.400. The van der Waals surface area contributed by atoms with Crippen molar-refractivity contribution in [2.75, 3.05) is 49.5 Å². The van der Waals surface area contributed by atoms with E-state index < -0.39 is 18.1 Å². The minimum atomic E-state index is -5.08. The van der Waals surface area contributed by atoms with Crippen LogP contribution in [0.15, 0.2) is 53.5 Å². The van der Waals surface area contributed by atoms with Crippen LogP contribution in [0.5, 0.6) is 0 Å². The van der Waals surface area contributed by atoms with E-state index in [2.05, 4.69) is 15.1 Å². The number of hydrogen-bond donors (Lipinski definition) is 3. The van der Waals surface area contributed by atoms with Gasteiger partial charge in [-0.25, -0.2) is 14.0 Å². The van der Waals surface area contributed by atoms with Crippen molar-refractivity contribution >= 4 is 29.3 Å². The third-order valence-corrected chi connectivity index (χ3v) is 5.87. The molecule has 2 aromatic carbocycles. The molecule has 13 heteroatoms. The van der Waals surface area contributed by atoms with Gasteiger partial charge in [0.1, 0.15) is 5.82 Å². The molecule has 0 aromatic heterocycles. The molecule has 2 fully saturated rings. The smallest absolute Gasteiger partial charge is 0.478 e. The second-order valence-corrected chi connectivity index (χ2v) is 8.56. The van der Waals surface area contributed by atoms with Crippen LogP contribution >= 0.6 is 0 Å². The number of rotatable bonds is 5. The predicted molar refractivity (Wildman–Crippen MR) is 132 cm³/mol. The van der Waals surface area contributed by atoms with E-state index in [0.717, 1.165) is 63.0 Å². The Morgan fingerprint density at radius 3 is 2.11 bits per heavy atom. The Kier molecular flexibility index (Phi) is 9.88. The Balaban J connectivity index is 0.000000505. The molecule has 4 rings (SSSR count). The van der Waals surface area contributed by atoms with Crippen molar-refractivity contribution in [1.29, 1.82) is 0 Å². The summed E-state index contributed by atoms with van der Waals surface area (Å²) < 4.78 is 50.7. The van der Waals surface area contributed by atoms with E-state index >= 15 is 0 Å². The summed E-state index contributed by atoms with van der Waals surface area (Å²) in [4.78, 5) is 29.2. The van der Waals surface area contributed by atoms with Gasteiger partial charge < -0.3 is 30.1 Å². The molecular formula is C25H28F4N4O5. The van der Waals surface area contributed by atoms with E-state index in [1.165, 1.54) is 12.1 Å². The molecule has 0 radical (unpaired) electrons. The van der Waals surface area contributed by atoms with Gasteiger partial charge in [-0.1, -0.05) is 0 Å². The first-order chi connectivity index (χ1) is 18.0. The van der Waals surface area contributed by atoms with Crippen molar-refractivity contribution < 1.29 is 42.1 Å². The Hall–Kier alpha value is -3.87. The first-order valence-corrected chi connectivity index (χ1v) is 11.8. The average molecular weight is 541 g/mol. The third kappa shape index (κ3) is 8.61. The van der Waals surface area contributed by atoms with Gasteiger partial charge in [-0.05, 0) is 61.4 Å². The molecule has 0 spiro atoms. The number of nitrogens with zero attached hydrogens (tertiary/aromatic N) is 3. The van der Waals surface area contributed by atoms with E-state index in [1.54, 1.807) is 36.4 Å². The monoisotopic (exact) mass is 540 g/mol. The first-order valence-electron chi connectivity index (χ1n) is 11.8. The SMILES string of the molecule is O=C(O)C(F)(F)F.O=C(O)c1ccc(NC(=NCC2CCCO2)N2CCN(c3ccc(F)cc3)CC2)cc1. The maximum Gasteiger partial charge on any atom is 0.490 e. The Bertz CT molecular complexity index is 1100. The number of hydrogen-bond acceptors (Lipinski definition) is 5. The highest BCUT2D eigenvalue weighted by Gasteiger charge is 2.38. The Labute approximate surface area is 216 Å². The molecule has 3 N–H and O–H groups in total. The first kappa shape index (κ1) is 28.7. The van der Waals surface area contributed by atoms with Crippen LogP contribution in [0.25, 0.3) is 0 Å². The van der Waals surface area contributed by atoms with E-state index in [4.69, 9.17) is 24.7 Å². The number of aromatic carboxylic acids is 1. The summed E-state index contributed by atoms with van der Waals surface area (Å²) >= 11 is 0. The number of ether oxygens (including phenoxy) is 1. The second kappa shape index (κ2) is 13.1. The number of nitrogens with one attached hydrogen (secondary N) is 1. The zero-order chi connectivity index (χ0) is 27.7. The lowest BCUT2D eigenvalue weighted by Gasteiger charge is -2.38. The molecule has 2 aliphatic heterocycles. The third-order valence-electron chi connectivity index (χ3n) is 5.87. The molecule has 206 valence electrons. The molecule has 0 bridgehead atoms. The number of alkyl halides is 3. The highest BCUT2D eigenvalue weighted by atomic mass is 19.4. The minimum Gasteiger partial charge on any atom is -0.478 e. The number of benzene rings is 2. The highest BCUT2D eigenvalue weighted by molar-refractivity contribution is 5.95. The zero-order valence-electron chi connectivity index (χ0n) is 20.3. The standard InChI is InChI=1S/C23H27FN4O3.C2HF3O2/c24-18-5-9-20(10-6-18)27-11-13-28(14-12-27)23(25-16-21-2-1-15-31-21)26-19-7-3-17(4-8-19)22(29)30;3-2(4,5)1(6)7/h3-10,21H,1-2,11-16H2,(H,25,26)(H,29,30);(H,6,7). The van der Waals surface area contributed by atoms with Crippen molar-refractivity contribution in [2.45, 2.75) is 25.1 Å². The van der Waals surface area contributed by atoms with Gasteiger partial charge in [-0.3, -0.25) is 4.99 Å². The number of carboxylic acids is 2. The summed E-state index contributed by atoms with van der Waals surface area (Å²) in [7, 11) is 0. The van der Waals surface area contributed by atoms with Gasteiger partial charge in [0.15, 0.2) is 5.96 Å². The molecule has 1 unspecified atom stereocenters. The summed E-state index contributed by atoms with van der Waals surface area (Å²) in [6.45, 7) is 4.50. The summed E-state index contributed by atoms with van der Waals surface area (Å²) in [6.07, 6.45) is -2.86. The van der Waals surface area contributed by atoms with Crippen LogP contribution in [0.2, 0.25) is 0 Å². The van der Waals surface area contributed by atoms with E-state index in [9.17, 15) is 22.4 Å². The van der Waals surface area contributed by atoms with Gasteiger partial charge in [0.2, 0.25) is 0 Å². The summed E-state index contributed by atoms with van der Waals surface area (Å²) in [5, 5.41) is 19.6. The fourth-order valence-corrected chi connectivity index (χ4v) is 3.85. The summed E-state index contributed by atoms with van der Waals surface area (Å²) in [6, 6.07) is 13.2. The number of halogens is 4. The molecule has 9 nitrogen and oxygen atoms in total. The second-order valence-electron chi connectivity index (χ2n) is 8.56. The van der Waals surface area contributed by atoms with Crippen LogP contribution < -0.4 is 10.2 Å². The number of carboxylic acid groups (broad SMARTS) is 2. The summed E-state index contributed by atoms with van der Waals surface area (Å²) in [5.74, 6) is -3.18. The van der Waals surface area contributed by atoms with Gasteiger partial charge in [-0.15, -0.1) is 0 Å². The van der Waals surface area contributed by atoms with Crippen LogP contribution in [0.4, 0.5) is 28.9 Å². The van der Waals surface area contributed by atoms with Crippen LogP contribution in [0.3, 0.4) is 0 Å². The van der Waals surface area contributed by atoms with E-state index in [-0.39, 0.29) is 17.5 Å². The van der Waals surface area contributed by atoms with Crippen molar-refractivity contribution in [3.05, 3.63) is 59.9 Å². The minimum absolute atomic E-state index is 0.145. The highest BCUT2D eigenvalue weighted by Crippen LogP contribution is 2.19. The summed E-state index contributed by atoms with van der Waals surface area (Å²) in [5.41, 5.74) is 2.05. The molecule has 2 aromatic rings. The number of carbonyl (C=O) groups is 2. The predicted octanol–water partition coefficient (Wildman–Crippen LogP) is 3.93.